The maximum absolute atomic E-state index is 11.4. The largest absolute Gasteiger partial charge is 0.475 e. The van der Waals surface area contributed by atoms with E-state index in [0.717, 1.165) is 42.9 Å². The zero-order chi connectivity index (χ0) is 14.8. The van der Waals surface area contributed by atoms with Crippen LogP contribution in [0.2, 0.25) is 0 Å². The van der Waals surface area contributed by atoms with Crippen molar-refractivity contribution in [2.75, 3.05) is 0 Å². The molecule has 0 aromatic carbocycles. The van der Waals surface area contributed by atoms with Gasteiger partial charge in [-0.2, -0.15) is 0 Å². The lowest BCUT2D eigenvalue weighted by Gasteiger charge is -2.55. The quantitative estimate of drug-likeness (QED) is 0.914. The molecule has 0 spiro atoms. The van der Waals surface area contributed by atoms with Gasteiger partial charge in [-0.15, -0.1) is 0 Å². The summed E-state index contributed by atoms with van der Waals surface area (Å²) in [4.78, 5) is 16.1. The molecule has 4 fully saturated rings. The van der Waals surface area contributed by atoms with Crippen molar-refractivity contribution in [1.82, 2.24) is 4.98 Å². The number of hydrogen-bond acceptors (Lipinski definition) is 3. The van der Waals surface area contributed by atoms with E-state index < -0.39 is 5.97 Å². The van der Waals surface area contributed by atoms with Crippen molar-refractivity contribution in [1.29, 1.82) is 0 Å². The third kappa shape index (κ3) is 1.95. The summed E-state index contributed by atoms with van der Waals surface area (Å²) in [6.07, 6.45) is 7.54. The summed E-state index contributed by atoms with van der Waals surface area (Å²) in [6, 6.07) is 0. The number of oxazole rings is 1. The van der Waals surface area contributed by atoms with Crippen molar-refractivity contribution >= 4 is 5.97 Å². The van der Waals surface area contributed by atoms with Crippen molar-refractivity contribution < 1.29 is 14.3 Å². The lowest BCUT2D eigenvalue weighted by atomic mass is 9.49. The van der Waals surface area contributed by atoms with Crippen molar-refractivity contribution in [2.24, 2.45) is 17.8 Å². The van der Waals surface area contributed by atoms with Gasteiger partial charge in [0.1, 0.15) is 0 Å². The highest BCUT2D eigenvalue weighted by Crippen LogP contribution is 2.60. The topological polar surface area (TPSA) is 63.3 Å². The Kier molecular flexibility index (Phi) is 2.76. The van der Waals surface area contributed by atoms with E-state index in [9.17, 15) is 9.90 Å². The summed E-state index contributed by atoms with van der Waals surface area (Å²) in [6.45, 7) is 3.96. The van der Waals surface area contributed by atoms with Gasteiger partial charge in [0.05, 0.1) is 5.69 Å². The maximum atomic E-state index is 11.4. The fraction of sp³-hybridized carbons (Fsp3) is 0.765. The van der Waals surface area contributed by atoms with Gasteiger partial charge in [-0.05, 0) is 62.2 Å². The average Bonchev–Trinajstić information content (AvgIpc) is 2.82. The highest BCUT2D eigenvalue weighted by molar-refractivity contribution is 5.85. The molecule has 4 heteroatoms. The molecule has 4 saturated carbocycles. The number of carbonyl (C=O) groups is 1. The second kappa shape index (κ2) is 4.34. The van der Waals surface area contributed by atoms with E-state index in [1.807, 2.05) is 13.8 Å². The molecule has 4 nitrogen and oxygen atoms in total. The Balaban J connectivity index is 1.76. The van der Waals surface area contributed by atoms with E-state index in [-0.39, 0.29) is 17.1 Å². The van der Waals surface area contributed by atoms with Gasteiger partial charge in [0.15, 0.2) is 0 Å². The first-order valence-electron chi connectivity index (χ1n) is 8.21. The normalized spacial score (nSPS) is 37.4. The molecule has 0 aliphatic heterocycles. The van der Waals surface area contributed by atoms with Crippen LogP contribution in [0.1, 0.15) is 80.4 Å². The molecule has 4 aliphatic rings. The standard InChI is InChI=1S/C17H23NO3/c1-9(2)13-14(15(19)20)21-16(18-13)17-6-10-3-11(7-17)5-12(4-10)8-17/h9-12H,3-8H2,1-2H3,(H,19,20). The van der Waals surface area contributed by atoms with Crippen LogP contribution in [0.15, 0.2) is 4.42 Å². The first kappa shape index (κ1) is 13.4. The molecule has 1 N–H and O–H groups in total. The van der Waals surface area contributed by atoms with Crippen LogP contribution in [0.25, 0.3) is 0 Å². The zero-order valence-electron chi connectivity index (χ0n) is 12.8. The molecule has 1 aromatic heterocycles. The van der Waals surface area contributed by atoms with Crippen LogP contribution in [-0.4, -0.2) is 16.1 Å². The first-order chi connectivity index (χ1) is 9.97. The Morgan fingerprint density at radius 1 is 1.19 bits per heavy atom. The summed E-state index contributed by atoms with van der Waals surface area (Å²) in [5.74, 6) is 2.31. The van der Waals surface area contributed by atoms with E-state index in [4.69, 9.17) is 4.42 Å². The molecule has 0 radical (unpaired) electrons. The van der Waals surface area contributed by atoms with Gasteiger partial charge in [0.25, 0.3) is 0 Å². The van der Waals surface area contributed by atoms with Crippen LogP contribution < -0.4 is 0 Å². The second-order valence-corrected chi connectivity index (χ2v) is 7.89. The van der Waals surface area contributed by atoms with Crippen LogP contribution in [0, 0.1) is 17.8 Å². The van der Waals surface area contributed by atoms with E-state index >= 15 is 0 Å². The van der Waals surface area contributed by atoms with Crippen molar-refractivity contribution in [3.05, 3.63) is 17.3 Å². The molecule has 21 heavy (non-hydrogen) atoms. The Labute approximate surface area is 124 Å². The van der Waals surface area contributed by atoms with Crippen molar-refractivity contribution in [3.63, 3.8) is 0 Å². The number of aromatic nitrogens is 1. The van der Waals surface area contributed by atoms with Gasteiger partial charge in [-0.3, -0.25) is 0 Å². The van der Waals surface area contributed by atoms with Crippen molar-refractivity contribution in [2.45, 2.75) is 63.7 Å². The van der Waals surface area contributed by atoms with Gasteiger partial charge >= 0.3 is 5.97 Å². The SMILES string of the molecule is CC(C)c1nc(C23CC4CC(CC(C4)C2)C3)oc1C(=O)O. The summed E-state index contributed by atoms with van der Waals surface area (Å²) >= 11 is 0. The molecule has 114 valence electrons. The third-order valence-corrected chi connectivity index (χ3v) is 5.89. The maximum Gasteiger partial charge on any atom is 0.373 e. The lowest BCUT2D eigenvalue weighted by Crippen LogP contribution is -2.48. The predicted molar refractivity (Wildman–Crippen MR) is 77.4 cm³/mol. The molecule has 1 aromatic rings. The summed E-state index contributed by atoms with van der Waals surface area (Å²) in [5, 5.41) is 9.38. The number of nitrogens with zero attached hydrogens (tertiary/aromatic N) is 1. The highest BCUT2D eigenvalue weighted by Gasteiger charge is 2.54. The first-order valence-corrected chi connectivity index (χ1v) is 8.21. The molecule has 0 atom stereocenters. The molecule has 0 amide bonds. The fourth-order valence-electron chi connectivity index (χ4n) is 5.48. The second-order valence-electron chi connectivity index (χ2n) is 7.89. The van der Waals surface area contributed by atoms with Crippen LogP contribution in [0.3, 0.4) is 0 Å². The molecule has 1 heterocycles. The molecule has 0 saturated heterocycles. The van der Waals surface area contributed by atoms with E-state index in [1.54, 1.807) is 0 Å². The monoisotopic (exact) mass is 289 g/mol. The molecule has 5 rings (SSSR count). The zero-order valence-corrected chi connectivity index (χ0v) is 12.8. The van der Waals surface area contributed by atoms with E-state index in [1.165, 1.54) is 19.3 Å². The molecular formula is C17H23NO3. The van der Waals surface area contributed by atoms with Gasteiger partial charge in [0, 0.05) is 5.41 Å². The molecule has 0 unspecified atom stereocenters. The minimum Gasteiger partial charge on any atom is -0.475 e. The number of hydrogen-bond donors (Lipinski definition) is 1. The Bertz CT molecular complexity index is 552. The number of rotatable bonds is 3. The van der Waals surface area contributed by atoms with Crippen LogP contribution in [0.5, 0.6) is 0 Å². The molecule has 4 aliphatic carbocycles. The summed E-state index contributed by atoms with van der Waals surface area (Å²) in [7, 11) is 0. The van der Waals surface area contributed by atoms with Crippen LogP contribution in [0.4, 0.5) is 0 Å². The number of carboxylic acids is 1. The number of aromatic carboxylic acids is 1. The van der Waals surface area contributed by atoms with Gasteiger partial charge < -0.3 is 9.52 Å². The lowest BCUT2D eigenvalue weighted by molar-refractivity contribution is -0.0182. The van der Waals surface area contributed by atoms with Crippen LogP contribution >= 0.6 is 0 Å². The van der Waals surface area contributed by atoms with Gasteiger partial charge in [-0.1, -0.05) is 13.8 Å². The smallest absolute Gasteiger partial charge is 0.373 e. The minimum absolute atomic E-state index is 0.0338. The Morgan fingerprint density at radius 2 is 1.71 bits per heavy atom. The van der Waals surface area contributed by atoms with Crippen LogP contribution in [-0.2, 0) is 5.41 Å². The Morgan fingerprint density at radius 3 is 2.10 bits per heavy atom. The fourth-order valence-corrected chi connectivity index (χ4v) is 5.48. The molecular weight excluding hydrogens is 266 g/mol. The van der Waals surface area contributed by atoms with E-state index in [0.29, 0.717) is 5.69 Å². The van der Waals surface area contributed by atoms with E-state index in [2.05, 4.69) is 4.98 Å². The predicted octanol–water partition coefficient (Wildman–Crippen LogP) is 3.96. The summed E-state index contributed by atoms with van der Waals surface area (Å²) < 4.78 is 5.81. The Hall–Kier alpha value is -1.32. The minimum atomic E-state index is -0.984. The highest BCUT2D eigenvalue weighted by atomic mass is 16.4. The van der Waals surface area contributed by atoms with Crippen molar-refractivity contribution in [3.8, 4) is 0 Å². The number of carboxylic acid groups (broad SMARTS) is 1. The third-order valence-electron chi connectivity index (χ3n) is 5.89. The van der Waals surface area contributed by atoms with Gasteiger partial charge in [-0.25, -0.2) is 9.78 Å². The van der Waals surface area contributed by atoms with Gasteiger partial charge in [0.2, 0.25) is 11.7 Å². The average molecular weight is 289 g/mol. The molecule has 4 bridgehead atoms. The summed E-state index contributed by atoms with van der Waals surface area (Å²) in [5.41, 5.74) is 0.653.